The van der Waals surface area contributed by atoms with Gasteiger partial charge < -0.3 is 10.8 Å². The van der Waals surface area contributed by atoms with Gasteiger partial charge in [0, 0.05) is 30.3 Å². The lowest BCUT2D eigenvalue weighted by Crippen LogP contribution is -2.37. The predicted molar refractivity (Wildman–Crippen MR) is 67.6 cm³/mol. The Morgan fingerprint density at radius 3 is 2.83 bits per heavy atom. The average Bonchev–Trinajstić information content (AvgIpc) is 2.93. The summed E-state index contributed by atoms with van der Waals surface area (Å²) in [5, 5.41) is 14.5. The summed E-state index contributed by atoms with van der Waals surface area (Å²) in [5.74, 6) is 0.0537. The van der Waals surface area contributed by atoms with Crippen molar-refractivity contribution in [2.45, 2.75) is 26.0 Å². The summed E-state index contributed by atoms with van der Waals surface area (Å²) in [6, 6.07) is 0. The third kappa shape index (κ3) is 2.30. The Kier molecular flexibility index (Phi) is 3.48. The lowest BCUT2D eigenvalue weighted by Gasteiger charge is -2.30. The fraction of sp³-hybridized carbons (Fsp3) is 0.727. The zero-order chi connectivity index (χ0) is 13.4. The molecular formula is C11H19N3O3S. The number of sulfone groups is 1. The highest BCUT2D eigenvalue weighted by Gasteiger charge is 2.47. The molecule has 0 aromatic carbocycles. The van der Waals surface area contributed by atoms with Crippen molar-refractivity contribution >= 4 is 9.84 Å². The molecule has 0 amide bonds. The largest absolute Gasteiger partial charge is 0.388 e. The Bertz CT molecular complexity index is 525. The van der Waals surface area contributed by atoms with Crippen LogP contribution in [0.4, 0.5) is 0 Å². The van der Waals surface area contributed by atoms with Gasteiger partial charge in [0.2, 0.25) is 0 Å². The Labute approximate surface area is 107 Å². The molecule has 6 nitrogen and oxygen atoms in total. The third-order valence-corrected chi connectivity index (χ3v) is 5.54. The molecule has 0 bridgehead atoms. The summed E-state index contributed by atoms with van der Waals surface area (Å²) >= 11 is 0. The molecule has 7 heteroatoms. The number of aromatic nitrogens is 2. The van der Waals surface area contributed by atoms with E-state index in [-0.39, 0.29) is 18.1 Å². The molecule has 3 N–H and O–H groups in total. The number of nitrogens with zero attached hydrogens (tertiary/aromatic N) is 2. The molecule has 1 aromatic heterocycles. The van der Waals surface area contributed by atoms with Gasteiger partial charge in [-0.05, 0) is 13.3 Å². The molecule has 1 fully saturated rings. The molecule has 1 aliphatic heterocycles. The van der Waals surface area contributed by atoms with Gasteiger partial charge in [-0.1, -0.05) is 0 Å². The molecule has 1 aromatic rings. The molecular weight excluding hydrogens is 254 g/mol. The zero-order valence-electron chi connectivity index (χ0n) is 10.4. The highest BCUT2D eigenvalue weighted by atomic mass is 32.2. The van der Waals surface area contributed by atoms with Gasteiger partial charge in [-0.3, -0.25) is 4.68 Å². The second-order valence-corrected chi connectivity index (χ2v) is 7.12. The number of nitrogens with two attached hydrogens (primary N) is 1. The SMILES string of the molecule is CCn1cc(C(O)C2(CN)CCS(=O)(=O)C2)cn1. The maximum atomic E-state index is 11.6. The van der Waals surface area contributed by atoms with E-state index in [2.05, 4.69) is 5.10 Å². The molecule has 2 atom stereocenters. The summed E-state index contributed by atoms with van der Waals surface area (Å²) in [7, 11) is -3.08. The number of aliphatic hydroxyl groups is 1. The van der Waals surface area contributed by atoms with Gasteiger partial charge in [-0.15, -0.1) is 0 Å². The maximum Gasteiger partial charge on any atom is 0.151 e. The van der Waals surface area contributed by atoms with Gasteiger partial charge in [0.15, 0.2) is 9.84 Å². The molecule has 2 rings (SSSR count). The zero-order valence-corrected chi connectivity index (χ0v) is 11.2. The van der Waals surface area contributed by atoms with Gasteiger partial charge in [0.25, 0.3) is 0 Å². The summed E-state index contributed by atoms with van der Waals surface area (Å²) in [5.41, 5.74) is 5.59. The van der Waals surface area contributed by atoms with Crippen molar-refractivity contribution in [1.82, 2.24) is 9.78 Å². The van der Waals surface area contributed by atoms with Crippen LogP contribution in [0.25, 0.3) is 0 Å². The first kappa shape index (κ1) is 13.5. The summed E-state index contributed by atoms with van der Waals surface area (Å²) in [6.07, 6.45) is 2.86. The normalized spacial score (nSPS) is 28.4. The summed E-state index contributed by atoms with van der Waals surface area (Å²) < 4.78 is 24.9. The van der Waals surface area contributed by atoms with Crippen molar-refractivity contribution in [2.75, 3.05) is 18.1 Å². The van der Waals surface area contributed by atoms with Crippen LogP contribution < -0.4 is 5.73 Å². The molecule has 2 unspecified atom stereocenters. The number of aliphatic hydroxyl groups excluding tert-OH is 1. The third-order valence-electron chi connectivity index (χ3n) is 3.70. The molecule has 0 aliphatic carbocycles. The van der Waals surface area contributed by atoms with Crippen LogP contribution in [0.1, 0.15) is 25.0 Å². The minimum atomic E-state index is -3.08. The number of aryl methyl sites for hydroxylation is 1. The lowest BCUT2D eigenvalue weighted by molar-refractivity contribution is 0.0471. The van der Waals surface area contributed by atoms with E-state index in [1.54, 1.807) is 17.1 Å². The van der Waals surface area contributed by atoms with E-state index in [1.807, 2.05) is 6.92 Å². The van der Waals surface area contributed by atoms with Crippen molar-refractivity contribution in [2.24, 2.45) is 11.1 Å². The Hall–Kier alpha value is -0.920. The van der Waals surface area contributed by atoms with Gasteiger partial charge in [-0.25, -0.2) is 8.42 Å². The van der Waals surface area contributed by atoms with Crippen LogP contribution in [0, 0.1) is 5.41 Å². The van der Waals surface area contributed by atoms with Crippen molar-refractivity contribution in [3.05, 3.63) is 18.0 Å². The first-order valence-corrected chi connectivity index (χ1v) is 7.85. The van der Waals surface area contributed by atoms with Crippen LogP contribution in [0.15, 0.2) is 12.4 Å². The minimum absolute atomic E-state index is 0.0467. The fourth-order valence-electron chi connectivity index (χ4n) is 2.48. The predicted octanol–water partition coefficient (Wildman–Crippen LogP) is -0.300. The van der Waals surface area contributed by atoms with Gasteiger partial charge in [-0.2, -0.15) is 5.10 Å². The molecule has 1 saturated heterocycles. The maximum absolute atomic E-state index is 11.6. The van der Waals surface area contributed by atoms with Crippen molar-refractivity contribution in [3.63, 3.8) is 0 Å². The Balaban J connectivity index is 2.28. The minimum Gasteiger partial charge on any atom is -0.388 e. The summed E-state index contributed by atoms with van der Waals surface area (Å²) in [4.78, 5) is 0. The van der Waals surface area contributed by atoms with E-state index in [1.165, 1.54) is 0 Å². The molecule has 102 valence electrons. The quantitative estimate of drug-likeness (QED) is 0.785. The van der Waals surface area contributed by atoms with E-state index in [0.29, 0.717) is 18.5 Å². The van der Waals surface area contributed by atoms with E-state index < -0.39 is 21.4 Å². The highest BCUT2D eigenvalue weighted by Crippen LogP contribution is 2.42. The summed E-state index contributed by atoms with van der Waals surface area (Å²) in [6.45, 7) is 2.81. The average molecular weight is 273 g/mol. The monoisotopic (exact) mass is 273 g/mol. The molecule has 0 spiro atoms. The van der Waals surface area contributed by atoms with Gasteiger partial charge in [0.1, 0.15) is 0 Å². The van der Waals surface area contributed by atoms with Crippen LogP contribution in [-0.2, 0) is 16.4 Å². The number of hydrogen-bond donors (Lipinski definition) is 2. The number of hydrogen-bond acceptors (Lipinski definition) is 5. The first-order valence-electron chi connectivity index (χ1n) is 6.03. The van der Waals surface area contributed by atoms with E-state index in [0.717, 1.165) is 0 Å². The van der Waals surface area contributed by atoms with Gasteiger partial charge >= 0.3 is 0 Å². The van der Waals surface area contributed by atoms with Crippen molar-refractivity contribution in [3.8, 4) is 0 Å². The highest BCUT2D eigenvalue weighted by molar-refractivity contribution is 7.91. The Morgan fingerprint density at radius 2 is 2.39 bits per heavy atom. The number of rotatable bonds is 4. The topological polar surface area (TPSA) is 98.2 Å². The van der Waals surface area contributed by atoms with E-state index >= 15 is 0 Å². The van der Waals surface area contributed by atoms with E-state index in [9.17, 15) is 13.5 Å². The molecule has 0 saturated carbocycles. The van der Waals surface area contributed by atoms with Crippen LogP contribution >= 0.6 is 0 Å². The second kappa shape index (κ2) is 4.64. The molecule has 1 aliphatic rings. The van der Waals surface area contributed by atoms with E-state index in [4.69, 9.17) is 5.73 Å². The van der Waals surface area contributed by atoms with Crippen LogP contribution in [-0.4, -0.2) is 41.4 Å². The first-order chi connectivity index (χ1) is 8.42. The molecule has 2 heterocycles. The second-order valence-electron chi connectivity index (χ2n) is 4.94. The van der Waals surface area contributed by atoms with Crippen molar-refractivity contribution in [1.29, 1.82) is 0 Å². The van der Waals surface area contributed by atoms with Crippen molar-refractivity contribution < 1.29 is 13.5 Å². The lowest BCUT2D eigenvalue weighted by atomic mass is 9.79. The molecule has 18 heavy (non-hydrogen) atoms. The van der Waals surface area contributed by atoms with Crippen LogP contribution in [0.5, 0.6) is 0 Å². The Morgan fingerprint density at radius 1 is 1.67 bits per heavy atom. The van der Waals surface area contributed by atoms with Crippen LogP contribution in [0.2, 0.25) is 0 Å². The fourth-order valence-corrected chi connectivity index (χ4v) is 4.63. The molecule has 0 radical (unpaired) electrons. The smallest absolute Gasteiger partial charge is 0.151 e. The van der Waals surface area contributed by atoms with Crippen LogP contribution in [0.3, 0.4) is 0 Å². The standard InChI is InChI=1S/C11H19N3O3S/c1-2-14-6-9(5-13-14)10(15)11(7-12)3-4-18(16,17)8-11/h5-6,10,15H,2-4,7-8,12H2,1H3. The van der Waals surface area contributed by atoms with Gasteiger partial charge in [0.05, 0.1) is 23.8 Å².